The van der Waals surface area contributed by atoms with Crippen molar-refractivity contribution < 1.29 is 0 Å². The van der Waals surface area contributed by atoms with E-state index in [-0.39, 0.29) is 0 Å². The molecule has 1 heterocycles. The van der Waals surface area contributed by atoms with Crippen LogP contribution in [0.4, 0.5) is 0 Å². The maximum absolute atomic E-state index is 4.78. The van der Waals surface area contributed by atoms with Gasteiger partial charge in [-0.1, -0.05) is 50.2 Å². The van der Waals surface area contributed by atoms with Gasteiger partial charge in [0.2, 0.25) is 0 Å². The molecule has 2 aromatic carbocycles. The predicted octanol–water partition coefficient (Wildman–Crippen LogP) is 5.48. The zero-order chi connectivity index (χ0) is 13.2. The lowest BCUT2D eigenvalue weighted by atomic mass is 10.1. The largest absolute Gasteiger partial charge is 0.241 e. The highest BCUT2D eigenvalue weighted by atomic mass is 32.1. The molecular formula is C17H17NS. The fraction of sp³-hybridized carbons (Fsp3) is 0.235. The maximum atomic E-state index is 4.78. The number of fused-ring (bicyclic) bond motifs is 1. The summed E-state index contributed by atoms with van der Waals surface area (Å²) in [6.07, 6.45) is 1.14. The molecule has 1 aromatic heterocycles. The number of thiazole rings is 1. The number of nitrogens with zero attached hydrogens (tertiary/aromatic N) is 1. The van der Waals surface area contributed by atoms with E-state index in [4.69, 9.17) is 4.98 Å². The van der Waals surface area contributed by atoms with Gasteiger partial charge < -0.3 is 0 Å². The lowest BCUT2D eigenvalue weighted by Crippen LogP contribution is -1.90. The second-order valence-corrected chi connectivity index (χ2v) is 5.81. The molecule has 3 aromatic rings. The van der Waals surface area contributed by atoms with Crippen molar-refractivity contribution in [2.45, 2.75) is 26.2 Å². The van der Waals surface area contributed by atoms with Gasteiger partial charge in [0.05, 0.1) is 5.69 Å². The van der Waals surface area contributed by atoms with Crippen LogP contribution in [0, 0.1) is 0 Å². The van der Waals surface area contributed by atoms with Gasteiger partial charge >= 0.3 is 0 Å². The summed E-state index contributed by atoms with van der Waals surface area (Å²) in [5.74, 6) is 0.547. The first-order valence-corrected chi connectivity index (χ1v) is 7.60. The van der Waals surface area contributed by atoms with E-state index in [0.29, 0.717) is 5.92 Å². The average Bonchev–Trinajstić information content (AvgIpc) is 2.95. The van der Waals surface area contributed by atoms with Gasteiger partial charge in [-0.3, -0.25) is 0 Å². The van der Waals surface area contributed by atoms with Crippen LogP contribution in [0.15, 0.2) is 47.8 Å². The van der Waals surface area contributed by atoms with Crippen molar-refractivity contribution in [2.75, 3.05) is 0 Å². The maximum Gasteiger partial charge on any atom is 0.123 e. The van der Waals surface area contributed by atoms with E-state index in [1.54, 1.807) is 11.3 Å². The van der Waals surface area contributed by atoms with E-state index >= 15 is 0 Å². The Bertz CT molecular complexity index is 699. The Balaban J connectivity index is 2.01. The average molecular weight is 267 g/mol. The smallest absolute Gasteiger partial charge is 0.123 e. The van der Waals surface area contributed by atoms with Gasteiger partial charge in [-0.05, 0) is 29.2 Å². The fourth-order valence-electron chi connectivity index (χ4n) is 2.18. The Morgan fingerprint density at radius 1 is 1.11 bits per heavy atom. The van der Waals surface area contributed by atoms with Crippen molar-refractivity contribution >= 4 is 22.1 Å². The van der Waals surface area contributed by atoms with Gasteiger partial charge in [0, 0.05) is 10.9 Å². The van der Waals surface area contributed by atoms with Gasteiger partial charge in [-0.25, -0.2) is 4.98 Å². The molecule has 3 rings (SSSR count). The van der Waals surface area contributed by atoms with Crippen LogP contribution in [-0.2, 0) is 0 Å². The zero-order valence-electron chi connectivity index (χ0n) is 11.3. The molecule has 1 nitrogen and oxygen atoms in total. The minimum Gasteiger partial charge on any atom is -0.241 e. The molecule has 0 radical (unpaired) electrons. The monoisotopic (exact) mass is 267 g/mol. The molecule has 1 unspecified atom stereocenters. The van der Waals surface area contributed by atoms with Crippen LogP contribution in [0.5, 0.6) is 0 Å². The Kier molecular flexibility index (Phi) is 3.34. The Labute approximate surface area is 117 Å². The molecular weight excluding hydrogens is 250 g/mol. The summed E-state index contributed by atoms with van der Waals surface area (Å²) in [5.41, 5.74) is 2.44. The van der Waals surface area contributed by atoms with Crippen LogP contribution >= 0.6 is 11.3 Å². The highest BCUT2D eigenvalue weighted by Gasteiger charge is 2.09. The standard InChI is InChI=1S/C17H17NS/c1-3-12(2)16-11-19-17(18-16)15-9-8-13-6-4-5-7-14(13)10-15/h4-12H,3H2,1-2H3. The van der Waals surface area contributed by atoms with Gasteiger partial charge in [-0.15, -0.1) is 11.3 Å². The molecule has 0 fully saturated rings. The van der Waals surface area contributed by atoms with E-state index in [1.807, 2.05) is 0 Å². The molecule has 0 saturated heterocycles. The molecule has 0 aliphatic rings. The van der Waals surface area contributed by atoms with E-state index < -0.39 is 0 Å². The van der Waals surface area contributed by atoms with E-state index in [1.165, 1.54) is 22.0 Å². The quantitative estimate of drug-likeness (QED) is 0.612. The molecule has 0 amide bonds. The number of aromatic nitrogens is 1. The molecule has 96 valence electrons. The lowest BCUT2D eigenvalue weighted by Gasteiger charge is -2.03. The van der Waals surface area contributed by atoms with E-state index in [9.17, 15) is 0 Å². The summed E-state index contributed by atoms with van der Waals surface area (Å²) in [5, 5.41) is 5.88. The molecule has 0 aliphatic heterocycles. The summed E-state index contributed by atoms with van der Waals surface area (Å²) in [4.78, 5) is 4.78. The summed E-state index contributed by atoms with van der Waals surface area (Å²) >= 11 is 1.74. The first-order chi connectivity index (χ1) is 9.28. The minimum atomic E-state index is 0.547. The van der Waals surface area contributed by atoms with Crippen molar-refractivity contribution in [1.82, 2.24) is 4.98 Å². The van der Waals surface area contributed by atoms with Crippen molar-refractivity contribution in [3.05, 3.63) is 53.5 Å². The summed E-state index contributed by atoms with van der Waals surface area (Å²) in [7, 11) is 0. The molecule has 2 heteroatoms. The van der Waals surface area contributed by atoms with Crippen LogP contribution < -0.4 is 0 Å². The van der Waals surface area contributed by atoms with Gasteiger partial charge in [0.1, 0.15) is 5.01 Å². The molecule has 0 spiro atoms. The van der Waals surface area contributed by atoms with Crippen LogP contribution in [0.1, 0.15) is 31.9 Å². The van der Waals surface area contributed by atoms with Crippen LogP contribution in [-0.4, -0.2) is 4.98 Å². The Hall–Kier alpha value is -1.67. The third-order valence-corrected chi connectivity index (χ3v) is 4.55. The molecule has 1 atom stereocenters. The normalized spacial score (nSPS) is 12.7. The summed E-state index contributed by atoms with van der Waals surface area (Å²) in [6.45, 7) is 4.44. The van der Waals surface area contributed by atoms with Crippen LogP contribution in [0.2, 0.25) is 0 Å². The lowest BCUT2D eigenvalue weighted by molar-refractivity contribution is 0.714. The van der Waals surface area contributed by atoms with E-state index in [0.717, 1.165) is 11.4 Å². The number of hydrogen-bond acceptors (Lipinski definition) is 2. The van der Waals surface area contributed by atoms with Gasteiger partial charge in [-0.2, -0.15) is 0 Å². The van der Waals surface area contributed by atoms with E-state index in [2.05, 4.69) is 61.7 Å². The topological polar surface area (TPSA) is 12.9 Å². The highest BCUT2D eigenvalue weighted by Crippen LogP contribution is 2.30. The van der Waals surface area contributed by atoms with Crippen molar-refractivity contribution in [3.8, 4) is 10.6 Å². The molecule has 0 aliphatic carbocycles. The number of rotatable bonds is 3. The number of hydrogen-bond donors (Lipinski definition) is 0. The van der Waals surface area contributed by atoms with Crippen molar-refractivity contribution in [3.63, 3.8) is 0 Å². The first-order valence-electron chi connectivity index (χ1n) is 6.72. The first kappa shape index (κ1) is 12.4. The predicted molar refractivity (Wildman–Crippen MR) is 83.8 cm³/mol. The Morgan fingerprint density at radius 3 is 2.68 bits per heavy atom. The third kappa shape index (κ3) is 2.41. The van der Waals surface area contributed by atoms with Crippen molar-refractivity contribution in [2.24, 2.45) is 0 Å². The highest BCUT2D eigenvalue weighted by molar-refractivity contribution is 7.13. The number of benzene rings is 2. The third-order valence-electron chi connectivity index (χ3n) is 3.64. The second-order valence-electron chi connectivity index (χ2n) is 4.95. The van der Waals surface area contributed by atoms with Gasteiger partial charge in [0.15, 0.2) is 0 Å². The Morgan fingerprint density at radius 2 is 1.89 bits per heavy atom. The van der Waals surface area contributed by atoms with Crippen LogP contribution in [0.3, 0.4) is 0 Å². The molecule has 19 heavy (non-hydrogen) atoms. The molecule has 0 bridgehead atoms. The molecule has 0 saturated carbocycles. The SMILES string of the molecule is CCC(C)c1csc(-c2ccc3ccccc3c2)n1. The second kappa shape index (κ2) is 5.14. The van der Waals surface area contributed by atoms with Crippen molar-refractivity contribution in [1.29, 1.82) is 0 Å². The zero-order valence-corrected chi connectivity index (χ0v) is 12.1. The van der Waals surface area contributed by atoms with Crippen LogP contribution in [0.25, 0.3) is 21.3 Å². The summed E-state index contributed by atoms with van der Waals surface area (Å²) < 4.78 is 0. The molecule has 0 N–H and O–H groups in total. The summed E-state index contributed by atoms with van der Waals surface area (Å²) in [6, 6.07) is 15.0. The van der Waals surface area contributed by atoms with Gasteiger partial charge in [0.25, 0.3) is 0 Å². The minimum absolute atomic E-state index is 0.547. The fourth-order valence-corrected chi connectivity index (χ4v) is 3.12.